The summed E-state index contributed by atoms with van der Waals surface area (Å²) < 4.78 is 27.5. The van der Waals surface area contributed by atoms with Crippen molar-refractivity contribution in [1.82, 2.24) is 0 Å². The van der Waals surface area contributed by atoms with Crippen LogP contribution in [0.1, 0.15) is 28.7 Å². The molecule has 2 aliphatic rings. The zero-order valence-electron chi connectivity index (χ0n) is 16.5. The minimum Gasteiger partial charge on any atom is -0.493 e. The number of carbonyl (C=O) groups excluding carboxylic acids is 1. The van der Waals surface area contributed by atoms with Gasteiger partial charge in [-0.2, -0.15) is 0 Å². The van der Waals surface area contributed by atoms with Crippen LogP contribution in [-0.4, -0.2) is 39.0 Å². The van der Waals surface area contributed by atoms with E-state index >= 15 is 0 Å². The Bertz CT molecular complexity index is 942. The smallest absolute Gasteiger partial charge is 0.231 e. The number of halogens is 1. The lowest BCUT2D eigenvalue weighted by Crippen LogP contribution is -2.40. The zero-order chi connectivity index (χ0) is 21.4. The van der Waals surface area contributed by atoms with E-state index in [1.165, 1.54) is 14.2 Å². The van der Waals surface area contributed by atoms with Crippen molar-refractivity contribution in [2.75, 3.05) is 27.6 Å². The predicted octanol–water partition coefficient (Wildman–Crippen LogP) is 2.73. The van der Waals surface area contributed by atoms with E-state index in [1.807, 2.05) is 24.3 Å². The first-order valence-corrected chi connectivity index (χ1v) is 10.3. The molecule has 3 N–H and O–H groups in total. The topological polar surface area (TPSA) is 109 Å². The highest BCUT2D eigenvalue weighted by Crippen LogP contribution is 2.52. The summed E-state index contributed by atoms with van der Waals surface area (Å²) in [7, 11) is 3.07. The summed E-state index contributed by atoms with van der Waals surface area (Å²) in [5, 5.41) is 10.1. The first kappa shape index (κ1) is 21.0. The average Bonchev–Trinajstić information content (AvgIpc) is 3.24. The summed E-state index contributed by atoms with van der Waals surface area (Å²) in [5.74, 6) is 1.19. The van der Waals surface area contributed by atoms with Crippen LogP contribution in [0, 0.1) is 11.8 Å². The van der Waals surface area contributed by atoms with E-state index in [1.54, 1.807) is 23.0 Å². The van der Waals surface area contributed by atoms with Crippen molar-refractivity contribution in [3.05, 3.63) is 41.0 Å². The van der Waals surface area contributed by atoms with Gasteiger partial charge in [-0.1, -0.05) is 0 Å². The van der Waals surface area contributed by atoms with Crippen molar-refractivity contribution in [3.8, 4) is 28.7 Å². The summed E-state index contributed by atoms with van der Waals surface area (Å²) >= 11 is 1.76. The molecule has 0 aromatic heterocycles. The molecule has 1 heterocycles. The number of ether oxygens (including phenoxy) is 4. The predicted molar refractivity (Wildman–Crippen MR) is 116 cm³/mol. The second-order valence-electron chi connectivity index (χ2n) is 7.23. The van der Waals surface area contributed by atoms with Gasteiger partial charge in [0.2, 0.25) is 12.5 Å². The Morgan fingerprint density at radius 2 is 1.73 bits per heavy atom. The molecule has 1 aliphatic carbocycles. The van der Waals surface area contributed by atoms with Gasteiger partial charge >= 0.3 is 0 Å². The normalized spacial score (nSPS) is 24.2. The van der Waals surface area contributed by atoms with Gasteiger partial charge in [0, 0.05) is 30.4 Å². The molecule has 2 aromatic rings. The third-order valence-electron chi connectivity index (χ3n) is 5.90. The molecule has 0 spiro atoms. The van der Waals surface area contributed by atoms with E-state index in [0.717, 1.165) is 23.0 Å². The molecule has 0 bridgehead atoms. The Morgan fingerprint density at radius 3 is 2.23 bits per heavy atom. The molecule has 9 heteroatoms. The number of benzene rings is 2. The van der Waals surface area contributed by atoms with Crippen molar-refractivity contribution >= 4 is 29.3 Å². The molecule has 8 nitrogen and oxygen atoms in total. The highest BCUT2D eigenvalue weighted by molar-refractivity contribution is 14.1. The van der Waals surface area contributed by atoms with Crippen LogP contribution in [0.5, 0.6) is 28.7 Å². The maximum absolute atomic E-state index is 12.2. The number of aliphatic hydroxyl groups excluding tert-OH is 1. The highest BCUT2D eigenvalue weighted by atomic mass is 127. The molecule has 0 saturated carbocycles. The fraction of sp³-hybridized carbons (Fsp3) is 0.381. The quantitative estimate of drug-likeness (QED) is 0.436. The standard InChI is InChI=1S/C21H22INO7/c1-26-17-3-10(4-18(27-2)21(17)30-22)19-11-5-15-16(29-9-28-15)6-12(11)20(23)14(8-25)13(19)7-24/h3-7,13-14,19-20,25H,8-9,23H2,1-2H3. The third-order valence-corrected chi connectivity index (χ3v) is 6.34. The number of fused-ring (bicyclic) bond motifs is 2. The van der Waals surface area contributed by atoms with Gasteiger partial charge in [-0.05, 0) is 41.0 Å². The average molecular weight is 527 g/mol. The minimum absolute atomic E-state index is 0.127. The molecular weight excluding hydrogens is 505 g/mol. The largest absolute Gasteiger partial charge is 0.493 e. The van der Waals surface area contributed by atoms with Crippen LogP contribution in [0.25, 0.3) is 0 Å². The second-order valence-corrected chi connectivity index (χ2v) is 7.67. The number of aldehydes is 1. The van der Waals surface area contributed by atoms with Crippen molar-refractivity contribution in [2.45, 2.75) is 12.0 Å². The van der Waals surface area contributed by atoms with Crippen LogP contribution < -0.4 is 27.7 Å². The molecule has 160 valence electrons. The maximum atomic E-state index is 12.2. The molecule has 4 unspecified atom stereocenters. The van der Waals surface area contributed by atoms with E-state index in [9.17, 15) is 9.90 Å². The Kier molecular flexibility index (Phi) is 5.94. The molecule has 4 atom stereocenters. The lowest BCUT2D eigenvalue weighted by Gasteiger charge is -2.40. The van der Waals surface area contributed by atoms with Crippen molar-refractivity contribution < 1.29 is 31.9 Å². The molecule has 2 aromatic carbocycles. The van der Waals surface area contributed by atoms with E-state index in [0.29, 0.717) is 28.7 Å². The number of rotatable bonds is 6. The third kappa shape index (κ3) is 3.25. The SMILES string of the molecule is COc1cc(C2c3cc4c(cc3C(N)C(CO)C2C=O)OCO4)cc(OC)c1OI. The fourth-order valence-corrected chi connectivity index (χ4v) is 4.86. The summed E-state index contributed by atoms with van der Waals surface area (Å²) in [6.07, 6.45) is 0.862. The fourth-order valence-electron chi connectivity index (χ4n) is 4.43. The number of methoxy groups -OCH3 is 2. The van der Waals surface area contributed by atoms with E-state index in [2.05, 4.69) is 0 Å². The van der Waals surface area contributed by atoms with Gasteiger partial charge in [-0.25, -0.2) is 0 Å². The Labute approximate surface area is 187 Å². The number of hydrogen-bond donors (Lipinski definition) is 2. The van der Waals surface area contributed by atoms with Crippen molar-refractivity contribution in [3.63, 3.8) is 0 Å². The number of aliphatic hydroxyl groups is 1. The Hall–Kier alpha value is -2.24. The number of hydrogen-bond acceptors (Lipinski definition) is 8. The molecule has 0 fully saturated rings. The summed E-state index contributed by atoms with van der Waals surface area (Å²) in [6.45, 7) is -0.0970. The molecule has 1 aliphatic heterocycles. The zero-order valence-corrected chi connectivity index (χ0v) is 18.6. The lowest BCUT2D eigenvalue weighted by atomic mass is 9.65. The van der Waals surface area contributed by atoms with E-state index in [-0.39, 0.29) is 13.4 Å². The first-order valence-electron chi connectivity index (χ1n) is 9.37. The highest BCUT2D eigenvalue weighted by Gasteiger charge is 2.43. The molecule has 0 amide bonds. The van der Waals surface area contributed by atoms with Crippen molar-refractivity contribution in [2.24, 2.45) is 17.6 Å². The summed E-state index contributed by atoms with van der Waals surface area (Å²) in [4.78, 5) is 12.2. The Balaban J connectivity index is 1.96. The van der Waals surface area contributed by atoms with Gasteiger partial charge < -0.3 is 37.6 Å². The van der Waals surface area contributed by atoms with Crippen LogP contribution in [0.4, 0.5) is 0 Å². The monoisotopic (exact) mass is 527 g/mol. The number of carbonyl (C=O) groups is 1. The van der Waals surface area contributed by atoms with Crippen LogP contribution >= 0.6 is 23.0 Å². The van der Waals surface area contributed by atoms with Crippen LogP contribution in [0.2, 0.25) is 0 Å². The van der Waals surface area contributed by atoms with E-state index < -0.39 is 23.8 Å². The lowest BCUT2D eigenvalue weighted by molar-refractivity contribution is -0.114. The summed E-state index contributed by atoms with van der Waals surface area (Å²) in [6, 6.07) is 6.82. The molecular formula is C21H22INO7. The van der Waals surface area contributed by atoms with Gasteiger partial charge in [0.25, 0.3) is 0 Å². The van der Waals surface area contributed by atoms with Crippen LogP contribution in [0.15, 0.2) is 24.3 Å². The van der Waals surface area contributed by atoms with Gasteiger partial charge in [0.1, 0.15) is 6.29 Å². The summed E-state index contributed by atoms with van der Waals surface area (Å²) in [5.41, 5.74) is 8.92. The van der Waals surface area contributed by atoms with Crippen LogP contribution in [0.3, 0.4) is 0 Å². The van der Waals surface area contributed by atoms with E-state index in [4.69, 9.17) is 27.7 Å². The number of nitrogens with two attached hydrogens (primary N) is 1. The molecule has 0 radical (unpaired) electrons. The van der Waals surface area contributed by atoms with Gasteiger partial charge in [-0.15, -0.1) is 0 Å². The van der Waals surface area contributed by atoms with Crippen molar-refractivity contribution in [1.29, 1.82) is 0 Å². The minimum atomic E-state index is -0.557. The maximum Gasteiger partial charge on any atom is 0.231 e. The molecule has 0 saturated heterocycles. The van der Waals surface area contributed by atoms with Gasteiger partial charge in [0.05, 0.1) is 14.2 Å². The van der Waals surface area contributed by atoms with Gasteiger partial charge in [0.15, 0.2) is 46.0 Å². The molecule has 30 heavy (non-hydrogen) atoms. The van der Waals surface area contributed by atoms with Gasteiger partial charge in [-0.3, -0.25) is 0 Å². The second kappa shape index (κ2) is 8.48. The molecule has 4 rings (SSSR count). The first-order chi connectivity index (χ1) is 14.6. The van der Waals surface area contributed by atoms with Crippen LogP contribution in [-0.2, 0) is 4.79 Å². The Morgan fingerprint density at radius 1 is 1.13 bits per heavy atom.